The molecule has 1 rings (SSSR count). The molecule has 3 nitrogen and oxygen atoms in total. The van der Waals surface area contributed by atoms with Crippen molar-refractivity contribution in [3.05, 3.63) is 11.8 Å². The van der Waals surface area contributed by atoms with Crippen LogP contribution in [0.25, 0.3) is 0 Å². The van der Waals surface area contributed by atoms with E-state index in [1.807, 2.05) is 0 Å². The van der Waals surface area contributed by atoms with Gasteiger partial charge in [-0.25, -0.2) is 4.39 Å². The third-order valence-corrected chi connectivity index (χ3v) is 1.46. The Morgan fingerprint density at radius 2 is 2.40 bits per heavy atom. The molecule has 10 heavy (non-hydrogen) atoms. The zero-order valence-corrected chi connectivity index (χ0v) is 5.33. The normalized spacial score (nSPS) is 31.7. The van der Waals surface area contributed by atoms with Gasteiger partial charge < -0.3 is 14.9 Å². The fourth-order valence-electron chi connectivity index (χ4n) is 0.811. The van der Waals surface area contributed by atoms with Gasteiger partial charge in [-0.1, -0.05) is 0 Å². The molecule has 0 saturated carbocycles. The summed E-state index contributed by atoms with van der Waals surface area (Å²) >= 11 is 0. The van der Waals surface area contributed by atoms with Crippen LogP contribution >= 0.6 is 0 Å². The van der Waals surface area contributed by atoms with Gasteiger partial charge in [-0.3, -0.25) is 0 Å². The average Bonchev–Trinajstić information content (AvgIpc) is 2.30. The van der Waals surface area contributed by atoms with Gasteiger partial charge in [0.2, 0.25) is 0 Å². The van der Waals surface area contributed by atoms with E-state index < -0.39 is 18.9 Å². The lowest BCUT2D eigenvalue weighted by atomic mass is 10.1. The van der Waals surface area contributed by atoms with Crippen molar-refractivity contribution in [1.82, 2.24) is 0 Å². The highest BCUT2D eigenvalue weighted by atomic mass is 19.1. The van der Waals surface area contributed by atoms with E-state index in [0.29, 0.717) is 0 Å². The maximum absolute atomic E-state index is 11.9. The summed E-state index contributed by atoms with van der Waals surface area (Å²) in [7, 11) is 0. The van der Waals surface area contributed by atoms with E-state index in [2.05, 4.69) is 0 Å². The summed E-state index contributed by atoms with van der Waals surface area (Å²) in [5, 5.41) is 17.6. The largest absolute Gasteiger partial charge is 0.492 e. The lowest BCUT2D eigenvalue weighted by Gasteiger charge is -2.11. The van der Waals surface area contributed by atoms with Crippen LogP contribution in [-0.4, -0.2) is 35.7 Å². The van der Waals surface area contributed by atoms with E-state index in [1.165, 1.54) is 0 Å². The summed E-state index contributed by atoms with van der Waals surface area (Å²) in [6.45, 7) is -1.02. The third kappa shape index (κ3) is 1.12. The SMILES string of the molecule is OC[C@H]1OC=C(CF)[C@@H]1O. The van der Waals surface area contributed by atoms with Crippen LogP contribution in [0.3, 0.4) is 0 Å². The van der Waals surface area contributed by atoms with Crippen molar-refractivity contribution in [3.8, 4) is 0 Å². The number of aliphatic hydroxyl groups excluding tert-OH is 2. The van der Waals surface area contributed by atoms with Crippen molar-refractivity contribution in [2.45, 2.75) is 12.2 Å². The van der Waals surface area contributed by atoms with E-state index in [1.54, 1.807) is 0 Å². The van der Waals surface area contributed by atoms with Gasteiger partial charge >= 0.3 is 0 Å². The number of ether oxygens (including phenoxy) is 1. The highest BCUT2D eigenvalue weighted by Gasteiger charge is 2.28. The molecule has 0 bridgehead atoms. The summed E-state index contributed by atoms with van der Waals surface area (Å²) in [4.78, 5) is 0. The van der Waals surface area contributed by atoms with Crippen molar-refractivity contribution < 1.29 is 19.3 Å². The monoisotopic (exact) mass is 148 g/mol. The fraction of sp³-hybridized carbons (Fsp3) is 0.667. The standard InChI is InChI=1S/C6H9FO3/c7-1-4-3-10-5(2-8)6(4)9/h3,5-6,8-9H,1-2H2/t5-,6+/m1/s1. The molecular weight excluding hydrogens is 139 g/mol. The second-order valence-corrected chi connectivity index (χ2v) is 2.13. The molecule has 2 N–H and O–H groups in total. The molecule has 0 amide bonds. The Morgan fingerprint density at radius 3 is 2.70 bits per heavy atom. The number of halogens is 1. The minimum Gasteiger partial charge on any atom is -0.492 e. The van der Waals surface area contributed by atoms with Gasteiger partial charge in [0.25, 0.3) is 0 Å². The van der Waals surface area contributed by atoms with Crippen LogP contribution in [0, 0.1) is 0 Å². The molecule has 1 aliphatic rings. The minimum absolute atomic E-state index is 0.194. The third-order valence-electron chi connectivity index (χ3n) is 1.46. The molecule has 58 valence electrons. The van der Waals surface area contributed by atoms with Crippen molar-refractivity contribution in [1.29, 1.82) is 0 Å². The molecule has 0 spiro atoms. The first-order chi connectivity index (χ1) is 4.79. The average molecular weight is 148 g/mol. The minimum atomic E-state index is -0.977. The van der Waals surface area contributed by atoms with Crippen LogP contribution in [0.15, 0.2) is 11.8 Å². The maximum atomic E-state index is 11.9. The van der Waals surface area contributed by atoms with E-state index in [0.717, 1.165) is 6.26 Å². The second-order valence-electron chi connectivity index (χ2n) is 2.13. The first-order valence-corrected chi connectivity index (χ1v) is 2.99. The van der Waals surface area contributed by atoms with Crippen molar-refractivity contribution in [2.24, 2.45) is 0 Å². The Kier molecular flexibility index (Phi) is 2.24. The highest BCUT2D eigenvalue weighted by molar-refractivity contribution is 5.12. The van der Waals surface area contributed by atoms with Gasteiger partial charge in [0.05, 0.1) is 12.9 Å². The number of alkyl halides is 1. The van der Waals surface area contributed by atoms with Crippen molar-refractivity contribution in [3.63, 3.8) is 0 Å². The van der Waals surface area contributed by atoms with Crippen molar-refractivity contribution in [2.75, 3.05) is 13.3 Å². The van der Waals surface area contributed by atoms with Crippen molar-refractivity contribution >= 4 is 0 Å². The molecular formula is C6H9FO3. The quantitative estimate of drug-likeness (QED) is 0.559. The number of rotatable bonds is 2. The number of hydrogen-bond donors (Lipinski definition) is 2. The summed E-state index contributed by atoms with van der Waals surface area (Å²) in [6.07, 6.45) is -0.494. The van der Waals surface area contributed by atoms with Gasteiger partial charge in [0.15, 0.2) is 6.10 Å². The summed E-state index contributed by atoms with van der Waals surface area (Å²) < 4.78 is 16.6. The Balaban J connectivity index is 2.51. The molecule has 0 saturated heterocycles. The predicted octanol–water partition coefficient (Wildman–Crippen LogP) is -0.408. The molecule has 0 aromatic heterocycles. The summed E-state index contributed by atoms with van der Waals surface area (Å²) in [5.74, 6) is 0. The maximum Gasteiger partial charge on any atom is 0.151 e. The Hall–Kier alpha value is -0.610. The number of aliphatic hydroxyl groups is 2. The summed E-state index contributed by atoms with van der Waals surface area (Å²) in [5.41, 5.74) is 0.194. The second kappa shape index (κ2) is 2.98. The van der Waals surface area contributed by atoms with Gasteiger partial charge in [0, 0.05) is 5.57 Å². The molecule has 0 aliphatic carbocycles. The number of hydrogen-bond acceptors (Lipinski definition) is 3. The molecule has 0 aromatic rings. The van der Waals surface area contributed by atoms with Crippen LogP contribution in [0.5, 0.6) is 0 Å². The smallest absolute Gasteiger partial charge is 0.151 e. The van der Waals surface area contributed by atoms with E-state index in [4.69, 9.17) is 14.9 Å². The zero-order valence-electron chi connectivity index (χ0n) is 5.33. The fourth-order valence-corrected chi connectivity index (χ4v) is 0.811. The Morgan fingerprint density at radius 1 is 1.70 bits per heavy atom. The van der Waals surface area contributed by atoms with Crippen LogP contribution in [0.4, 0.5) is 4.39 Å². The van der Waals surface area contributed by atoms with E-state index in [-0.39, 0.29) is 12.2 Å². The van der Waals surface area contributed by atoms with Gasteiger partial charge in [-0.2, -0.15) is 0 Å². The van der Waals surface area contributed by atoms with E-state index >= 15 is 0 Å². The summed E-state index contributed by atoms with van der Waals surface area (Å²) in [6, 6.07) is 0. The lowest BCUT2D eigenvalue weighted by Crippen LogP contribution is -2.27. The van der Waals surface area contributed by atoms with Crippen LogP contribution in [0.2, 0.25) is 0 Å². The highest BCUT2D eigenvalue weighted by Crippen LogP contribution is 2.18. The zero-order chi connectivity index (χ0) is 7.56. The predicted molar refractivity (Wildman–Crippen MR) is 32.0 cm³/mol. The molecule has 0 fully saturated rings. The van der Waals surface area contributed by atoms with Gasteiger partial charge in [-0.15, -0.1) is 0 Å². The molecule has 0 aromatic carbocycles. The van der Waals surface area contributed by atoms with Crippen LogP contribution in [0.1, 0.15) is 0 Å². The first kappa shape index (κ1) is 7.50. The van der Waals surface area contributed by atoms with Gasteiger partial charge in [0.1, 0.15) is 12.8 Å². The van der Waals surface area contributed by atoms with Crippen LogP contribution in [-0.2, 0) is 4.74 Å². The molecule has 0 unspecified atom stereocenters. The molecule has 2 atom stereocenters. The molecule has 1 aliphatic heterocycles. The molecule has 4 heteroatoms. The van der Waals surface area contributed by atoms with Gasteiger partial charge in [-0.05, 0) is 0 Å². The lowest BCUT2D eigenvalue weighted by molar-refractivity contribution is 0.0185. The van der Waals surface area contributed by atoms with E-state index in [9.17, 15) is 4.39 Å². The molecule has 0 radical (unpaired) electrons. The topological polar surface area (TPSA) is 49.7 Å². The Bertz CT molecular complexity index is 146. The molecule has 1 heterocycles. The van der Waals surface area contributed by atoms with Crippen LogP contribution < -0.4 is 0 Å². The first-order valence-electron chi connectivity index (χ1n) is 2.99. The Labute approximate surface area is 57.7 Å².